The zero-order chi connectivity index (χ0) is 21.1. The van der Waals surface area contributed by atoms with E-state index in [1.54, 1.807) is 20.3 Å². The van der Waals surface area contributed by atoms with E-state index in [1.807, 2.05) is 19.1 Å². The summed E-state index contributed by atoms with van der Waals surface area (Å²) in [6.07, 6.45) is 7.12. The molecule has 1 aromatic rings. The van der Waals surface area contributed by atoms with E-state index in [4.69, 9.17) is 0 Å². The quantitative estimate of drug-likeness (QED) is 0.339. The monoisotopic (exact) mass is 392 g/mol. The molecule has 0 bridgehead atoms. The van der Waals surface area contributed by atoms with Crippen LogP contribution in [0.2, 0.25) is 0 Å². The summed E-state index contributed by atoms with van der Waals surface area (Å²) in [5.41, 5.74) is 1.75. The fourth-order valence-electron chi connectivity index (χ4n) is 3.75. The molecule has 1 unspecified atom stereocenters. The van der Waals surface area contributed by atoms with Crippen molar-refractivity contribution in [2.45, 2.75) is 71.3 Å². The van der Waals surface area contributed by atoms with E-state index in [2.05, 4.69) is 23.5 Å². The summed E-state index contributed by atoms with van der Waals surface area (Å²) < 4.78 is 4.25. The average molecular weight is 393 g/mol. The Bertz CT molecular complexity index is 613. The molecule has 0 radical (unpaired) electrons. The average Bonchev–Trinajstić information content (AvgIpc) is 2.67. The van der Waals surface area contributed by atoms with Gasteiger partial charge in [-0.3, -0.25) is 10.1 Å². The number of rotatable bonds is 8. The number of ether oxygens (including phenoxy) is 1. The minimum absolute atomic E-state index is 0.00141. The van der Waals surface area contributed by atoms with Gasteiger partial charge >= 0.3 is 0 Å². The Morgan fingerprint density at radius 3 is 2.32 bits per heavy atom. The molecule has 1 aromatic carbocycles. The van der Waals surface area contributed by atoms with Gasteiger partial charge in [0.05, 0.1) is 4.92 Å². The van der Waals surface area contributed by atoms with Crippen LogP contribution < -0.4 is 4.90 Å². The van der Waals surface area contributed by atoms with Gasteiger partial charge in [-0.05, 0) is 36.3 Å². The van der Waals surface area contributed by atoms with Crippen LogP contribution in [0.4, 0.5) is 11.4 Å². The van der Waals surface area contributed by atoms with Crippen molar-refractivity contribution in [3.8, 4) is 0 Å². The lowest BCUT2D eigenvalue weighted by Gasteiger charge is -2.37. The number of nitro benzene ring substituents is 1. The fourth-order valence-corrected chi connectivity index (χ4v) is 3.75. The Hall–Kier alpha value is -1.95. The summed E-state index contributed by atoms with van der Waals surface area (Å²) >= 11 is 0. The molecule has 6 heteroatoms. The molecule has 1 atom stereocenters. The van der Waals surface area contributed by atoms with E-state index in [0.29, 0.717) is 18.4 Å². The minimum atomic E-state index is -0.275. The lowest BCUT2D eigenvalue weighted by molar-refractivity contribution is -0.384. The number of methoxy groups -OCH3 is 1. The maximum absolute atomic E-state index is 11.7. The Morgan fingerprint density at radius 1 is 1.21 bits per heavy atom. The van der Waals surface area contributed by atoms with Gasteiger partial charge in [0.2, 0.25) is 0 Å². The Kier molecular flexibility index (Phi) is 10.8. The molecule has 6 nitrogen and oxygen atoms in total. The van der Waals surface area contributed by atoms with Gasteiger partial charge in [0, 0.05) is 39.3 Å². The van der Waals surface area contributed by atoms with Crippen molar-refractivity contribution in [2.24, 2.45) is 5.92 Å². The predicted molar refractivity (Wildman–Crippen MR) is 114 cm³/mol. The highest BCUT2D eigenvalue weighted by Gasteiger charge is 2.28. The number of aldehydes is 1. The van der Waals surface area contributed by atoms with E-state index in [0.717, 1.165) is 36.9 Å². The topological polar surface area (TPSA) is 72.7 Å². The fraction of sp³-hybridized carbons (Fsp3) is 0.682. The first kappa shape index (κ1) is 24.1. The Balaban J connectivity index is 0.00000122. The molecule has 158 valence electrons. The van der Waals surface area contributed by atoms with E-state index in [-0.39, 0.29) is 16.5 Å². The van der Waals surface area contributed by atoms with E-state index >= 15 is 0 Å². The van der Waals surface area contributed by atoms with Crippen molar-refractivity contribution in [3.63, 3.8) is 0 Å². The van der Waals surface area contributed by atoms with Crippen molar-refractivity contribution in [1.82, 2.24) is 0 Å². The normalized spacial score (nSPS) is 15.5. The van der Waals surface area contributed by atoms with E-state index in [1.165, 1.54) is 19.3 Å². The number of carbonyl (C=O) groups excluding carboxylic acids is 1. The molecule has 0 N–H and O–H groups in total. The SMILES string of the molecule is CC(C)CN(c1ccc(C(C)CC=O)cc1[N+](=O)[O-])C1CCCCC1.COC. The standard InChI is InChI=1S/C20H30N2O3.C2H6O/c1-15(2)14-21(18-7-5-4-6-8-18)19-10-9-17(16(3)11-12-23)13-20(19)22(24)25;1-3-2/h9-10,12-13,15-16,18H,4-8,11,14H2,1-3H3;1-2H3. The molecule has 0 aromatic heterocycles. The molecule has 0 spiro atoms. The van der Waals surface area contributed by atoms with Crippen molar-refractivity contribution in [1.29, 1.82) is 0 Å². The number of carbonyl (C=O) groups is 1. The van der Waals surface area contributed by atoms with Crippen LogP contribution in [0, 0.1) is 16.0 Å². The molecule has 2 rings (SSSR count). The third kappa shape index (κ3) is 7.23. The second kappa shape index (κ2) is 12.5. The first-order valence-electron chi connectivity index (χ1n) is 10.2. The van der Waals surface area contributed by atoms with Gasteiger partial charge in [0.25, 0.3) is 5.69 Å². The lowest BCUT2D eigenvalue weighted by atomic mass is 9.92. The van der Waals surface area contributed by atoms with Gasteiger partial charge < -0.3 is 14.4 Å². The van der Waals surface area contributed by atoms with Gasteiger partial charge in [-0.25, -0.2) is 0 Å². The van der Waals surface area contributed by atoms with Gasteiger partial charge in [-0.15, -0.1) is 0 Å². The number of hydrogen-bond donors (Lipinski definition) is 0. The number of nitrogens with zero attached hydrogens (tertiary/aromatic N) is 2. The molecule has 0 amide bonds. The van der Waals surface area contributed by atoms with Gasteiger partial charge in [0.15, 0.2) is 0 Å². The smallest absolute Gasteiger partial charge is 0.292 e. The lowest BCUT2D eigenvalue weighted by Crippen LogP contribution is -2.39. The number of benzene rings is 1. The molecule has 28 heavy (non-hydrogen) atoms. The van der Waals surface area contributed by atoms with E-state index in [9.17, 15) is 14.9 Å². The highest BCUT2D eigenvalue weighted by atomic mass is 16.6. The van der Waals surface area contributed by atoms with Crippen LogP contribution in [0.1, 0.15) is 70.8 Å². The maximum Gasteiger partial charge on any atom is 0.292 e. The van der Waals surface area contributed by atoms with Gasteiger partial charge in [-0.1, -0.05) is 46.1 Å². The summed E-state index contributed by atoms with van der Waals surface area (Å²) in [6.45, 7) is 7.07. The van der Waals surface area contributed by atoms with Crippen molar-refractivity contribution >= 4 is 17.7 Å². The first-order chi connectivity index (χ1) is 13.3. The van der Waals surface area contributed by atoms with Crippen molar-refractivity contribution in [3.05, 3.63) is 33.9 Å². The van der Waals surface area contributed by atoms with Gasteiger partial charge in [-0.2, -0.15) is 0 Å². The second-order valence-corrected chi connectivity index (χ2v) is 8.05. The molecular weight excluding hydrogens is 356 g/mol. The predicted octanol–water partition coefficient (Wildman–Crippen LogP) is 5.35. The van der Waals surface area contributed by atoms with Crippen LogP contribution in [-0.4, -0.2) is 38.0 Å². The molecule has 0 aliphatic heterocycles. The van der Waals surface area contributed by atoms with Crippen molar-refractivity contribution < 1.29 is 14.5 Å². The number of nitro groups is 1. The third-order valence-corrected chi connectivity index (χ3v) is 5.10. The molecule has 1 saturated carbocycles. The second-order valence-electron chi connectivity index (χ2n) is 8.05. The minimum Gasteiger partial charge on any atom is -0.388 e. The van der Waals surface area contributed by atoms with Crippen LogP contribution in [0.5, 0.6) is 0 Å². The molecule has 1 fully saturated rings. The highest BCUT2D eigenvalue weighted by molar-refractivity contribution is 5.66. The van der Waals surface area contributed by atoms with E-state index < -0.39 is 0 Å². The zero-order valence-corrected chi connectivity index (χ0v) is 18.0. The number of hydrogen-bond acceptors (Lipinski definition) is 5. The van der Waals surface area contributed by atoms with Crippen LogP contribution in [0.15, 0.2) is 18.2 Å². The highest BCUT2D eigenvalue weighted by Crippen LogP contribution is 2.36. The summed E-state index contributed by atoms with van der Waals surface area (Å²) in [4.78, 5) is 24.5. The molecule has 1 aliphatic carbocycles. The van der Waals surface area contributed by atoms with Gasteiger partial charge in [0.1, 0.15) is 12.0 Å². The summed E-state index contributed by atoms with van der Waals surface area (Å²) in [6, 6.07) is 5.89. The van der Waals surface area contributed by atoms with Crippen molar-refractivity contribution in [2.75, 3.05) is 25.7 Å². The summed E-state index contributed by atoms with van der Waals surface area (Å²) in [5, 5.41) is 11.7. The first-order valence-corrected chi connectivity index (χ1v) is 10.2. The largest absolute Gasteiger partial charge is 0.388 e. The maximum atomic E-state index is 11.7. The molecule has 0 saturated heterocycles. The summed E-state index contributed by atoms with van der Waals surface area (Å²) in [7, 11) is 3.25. The Labute approximate surface area is 169 Å². The van der Waals surface area contributed by atoms with Crippen LogP contribution in [-0.2, 0) is 9.53 Å². The van der Waals surface area contributed by atoms with Crippen LogP contribution >= 0.6 is 0 Å². The van der Waals surface area contributed by atoms with Crippen LogP contribution in [0.25, 0.3) is 0 Å². The Morgan fingerprint density at radius 2 is 1.82 bits per heavy atom. The van der Waals surface area contributed by atoms with Crippen LogP contribution in [0.3, 0.4) is 0 Å². The number of anilines is 1. The molecule has 0 heterocycles. The molecule has 1 aliphatic rings. The zero-order valence-electron chi connectivity index (χ0n) is 18.0. The molecular formula is C22H36N2O4. The third-order valence-electron chi connectivity index (χ3n) is 5.10. The summed E-state index contributed by atoms with van der Waals surface area (Å²) in [5.74, 6) is 0.439.